The first-order valence-electron chi connectivity index (χ1n) is 7.47. The van der Waals surface area contributed by atoms with E-state index in [0.717, 1.165) is 0 Å². The second-order valence-electron chi connectivity index (χ2n) is 5.28. The van der Waals surface area contributed by atoms with Crippen molar-refractivity contribution in [3.63, 3.8) is 0 Å². The van der Waals surface area contributed by atoms with Crippen LogP contribution < -0.4 is 0 Å². The zero-order chi connectivity index (χ0) is 13.2. The Kier molecular flexibility index (Phi) is 7.75. The Morgan fingerprint density at radius 3 is 2.28 bits per heavy atom. The SMILES string of the molecule is CCCC(CO)CCCC(CC)c1ccccc1. The summed E-state index contributed by atoms with van der Waals surface area (Å²) >= 11 is 0. The largest absolute Gasteiger partial charge is 0.396 e. The van der Waals surface area contributed by atoms with Crippen molar-refractivity contribution in [2.75, 3.05) is 6.61 Å². The van der Waals surface area contributed by atoms with E-state index in [2.05, 4.69) is 44.2 Å². The molecule has 1 aromatic carbocycles. The lowest BCUT2D eigenvalue weighted by atomic mass is 9.89. The van der Waals surface area contributed by atoms with Crippen LogP contribution in [0.3, 0.4) is 0 Å². The van der Waals surface area contributed by atoms with Crippen LogP contribution in [0.4, 0.5) is 0 Å². The van der Waals surface area contributed by atoms with Gasteiger partial charge in [0.25, 0.3) is 0 Å². The van der Waals surface area contributed by atoms with E-state index in [4.69, 9.17) is 0 Å². The quantitative estimate of drug-likeness (QED) is 0.668. The van der Waals surface area contributed by atoms with Gasteiger partial charge in [-0.15, -0.1) is 0 Å². The molecule has 0 spiro atoms. The van der Waals surface area contributed by atoms with E-state index in [1.54, 1.807) is 0 Å². The molecule has 1 aromatic rings. The second kappa shape index (κ2) is 9.16. The Bertz CT molecular complexity index is 294. The summed E-state index contributed by atoms with van der Waals surface area (Å²) in [6.45, 7) is 4.82. The minimum Gasteiger partial charge on any atom is -0.396 e. The number of aliphatic hydroxyl groups is 1. The lowest BCUT2D eigenvalue weighted by Gasteiger charge is -2.17. The molecule has 0 aliphatic heterocycles. The minimum atomic E-state index is 0.357. The molecule has 102 valence electrons. The molecule has 0 heterocycles. The number of aliphatic hydroxyl groups excluding tert-OH is 1. The van der Waals surface area contributed by atoms with Crippen LogP contribution in [0.15, 0.2) is 30.3 Å². The highest BCUT2D eigenvalue weighted by atomic mass is 16.3. The van der Waals surface area contributed by atoms with Gasteiger partial charge in [-0.3, -0.25) is 0 Å². The summed E-state index contributed by atoms with van der Waals surface area (Å²) in [4.78, 5) is 0. The molecule has 0 saturated carbocycles. The maximum Gasteiger partial charge on any atom is 0.0459 e. The van der Waals surface area contributed by atoms with Gasteiger partial charge < -0.3 is 5.11 Å². The van der Waals surface area contributed by atoms with Gasteiger partial charge in [-0.05, 0) is 43.1 Å². The van der Waals surface area contributed by atoms with Crippen molar-refractivity contribution in [3.05, 3.63) is 35.9 Å². The normalized spacial score (nSPS) is 14.4. The molecule has 0 fully saturated rings. The number of hydrogen-bond acceptors (Lipinski definition) is 1. The number of benzene rings is 1. The highest BCUT2D eigenvalue weighted by Crippen LogP contribution is 2.26. The first-order valence-corrected chi connectivity index (χ1v) is 7.47. The third-order valence-corrected chi connectivity index (χ3v) is 3.88. The molecule has 2 atom stereocenters. The Morgan fingerprint density at radius 2 is 1.72 bits per heavy atom. The van der Waals surface area contributed by atoms with E-state index >= 15 is 0 Å². The predicted octanol–water partition coefficient (Wildman–Crippen LogP) is 4.76. The Labute approximate surface area is 112 Å². The number of rotatable bonds is 9. The molecule has 0 bridgehead atoms. The summed E-state index contributed by atoms with van der Waals surface area (Å²) in [5, 5.41) is 9.30. The lowest BCUT2D eigenvalue weighted by molar-refractivity contribution is 0.206. The van der Waals surface area contributed by atoms with Crippen LogP contribution in [-0.4, -0.2) is 11.7 Å². The van der Waals surface area contributed by atoms with Gasteiger partial charge in [-0.2, -0.15) is 0 Å². The van der Waals surface area contributed by atoms with Crippen LogP contribution in [0.5, 0.6) is 0 Å². The van der Waals surface area contributed by atoms with Gasteiger partial charge in [0.05, 0.1) is 0 Å². The van der Waals surface area contributed by atoms with Crippen molar-refractivity contribution >= 4 is 0 Å². The van der Waals surface area contributed by atoms with Gasteiger partial charge in [-0.25, -0.2) is 0 Å². The molecule has 0 amide bonds. The molecule has 0 aliphatic rings. The van der Waals surface area contributed by atoms with Crippen LogP contribution in [-0.2, 0) is 0 Å². The van der Waals surface area contributed by atoms with Gasteiger partial charge in [0.15, 0.2) is 0 Å². The maximum absolute atomic E-state index is 9.30. The average molecular weight is 248 g/mol. The third-order valence-electron chi connectivity index (χ3n) is 3.88. The van der Waals surface area contributed by atoms with Crippen molar-refractivity contribution in [3.8, 4) is 0 Å². The molecule has 1 N–H and O–H groups in total. The Balaban J connectivity index is 2.36. The fraction of sp³-hybridized carbons (Fsp3) is 0.647. The molecule has 0 aromatic heterocycles. The van der Waals surface area contributed by atoms with Crippen LogP contribution in [0, 0.1) is 5.92 Å². The van der Waals surface area contributed by atoms with Gasteiger partial charge in [0.1, 0.15) is 0 Å². The van der Waals surface area contributed by atoms with Crippen molar-refractivity contribution in [2.45, 2.75) is 58.3 Å². The highest BCUT2D eigenvalue weighted by molar-refractivity contribution is 5.19. The second-order valence-corrected chi connectivity index (χ2v) is 5.28. The summed E-state index contributed by atoms with van der Waals surface area (Å²) in [6, 6.07) is 10.8. The zero-order valence-corrected chi connectivity index (χ0v) is 11.9. The first kappa shape index (κ1) is 15.2. The molecule has 0 aliphatic carbocycles. The van der Waals surface area contributed by atoms with Gasteiger partial charge in [0.2, 0.25) is 0 Å². The summed E-state index contributed by atoms with van der Waals surface area (Å²) in [7, 11) is 0. The van der Waals surface area contributed by atoms with Crippen molar-refractivity contribution < 1.29 is 5.11 Å². The monoisotopic (exact) mass is 248 g/mol. The topological polar surface area (TPSA) is 20.2 Å². The zero-order valence-electron chi connectivity index (χ0n) is 11.9. The molecule has 0 radical (unpaired) electrons. The molecule has 2 unspecified atom stereocenters. The summed E-state index contributed by atoms with van der Waals surface area (Å²) < 4.78 is 0. The third kappa shape index (κ3) is 5.22. The fourth-order valence-corrected chi connectivity index (χ4v) is 2.72. The Morgan fingerprint density at radius 1 is 1.00 bits per heavy atom. The fourth-order valence-electron chi connectivity index (χ4n) is 2.72. The highest BCUT2D eigenvalue weighted by Gasteiger charge is 2.11. The van der Waals surface area contributed by atoms with E-state index in [-0.39, 0.29) is 0 Å². The molecule has 1 heteroatoms. The molecular weight excluding hydrogens is 220 g/mol. The minimum absolute atomic E-state index is 0.357. The molecule has 18 heavy (non-hydrogen) atoms. The Hall–Kier alpha value is -0.820. The van der Waals surface area contributed by atoms with Crippen LogP contribution >= 0.6 is 0 Å². The van der Waals surface area contributed by atoms with Crippen molar-refractivity contribution in [1.82, 2.24) is 0 Å². The van der Waals surface area contributed by atoms with E-state index < -0.39 is 0 Å². The van der Waals surface area contributed by atoms with Crippen LogP contribution in [0.25, 0.3) is 0 Å². The van der Waals surface area contributed by atoms with Gasteiger partial charge >= 0.3 is 0 Å². The molecule has 0 saturated heterocycles. The summed E-state index contributed by atoms with van der Waals surface area (Å²) in [5.41, 5.74) is 1.47. The van der Waals surface area contributed by atoms with Crippen molar-refractivity contribution in [2.24, 2.45) is 5.92 Å². The van der Waals surface area contributed by atoms with Crippen molar-refractivity contribution in [1.29, 1.82) is 0 Å². The predicted molar refractivity (Wildman–Crippen MR) is 78.8 cm³/mol. The average Bonchev–Trinajstić information content (AvgIpc) is 2.43. The number of hydrogen-bond donors (Lipinski definition) is 1. The van der Waals surface area contributed by atoms with E-state index in [1.165, 1.54) is 44.1 Å². The molecular formula is C17H28O. The van der Waals surface area contributed by atoms with E-state index in [9.17, 15) is 5.11 Å². The summed E-state index contributed by atoms with van der Waals surface area (Å²) in [5.74, 6) is 1.20. The van der Waals surface area contributed by atoms with Gasteiger partial charge in [-0.1, -0.05) is 57.0 Å². The summed E-state index contributed by atoms with van der Waals surface area (Å²) in [6.07, 6.45) is 7.22. The lowest BCUT2D eigenvalue weighted by Crippen LogP contribution is -2.06. The first-order chi connectivity index (χ1) is 8.81. The van der Waals surface area contributed by atoms with Gasteiger partial charge in [0, 0.05) is 6.61 Å². The van der Waals surface area contributed by atoms with Crippen LogP contribution in [0.2, 0.25) is 0 Å². The molecule has 1 nitrogen and oxygen atoms in total. The van der Waals surface area contributed by atoms with E-state index in [1.807, 2.05) is 0 Å². The maximum atomic E-state index is 9.30. The van der Waals surface area contributed by atoms with Crippen LogP contribution in [0.1, 0.15) is 63.9 Å². The smallest absolute Gasteiger partial charge is 0.0459 e. The standard InChI is InChI=1S/C17H28O/c1-3-9-15(14-18)10-8-13-16(4-2)17-11-6-5-7-12-17/h5-7,11-12,15-16,18H,3-4,8-10,13-14H2,1-2H3. The van der Waals surface area contributed by atoms with E-state index in [0.29, 0.717) is 18.4 Å². The molecule has 1 rings (SSSR count).